The fraction of sp³-hybridized carbons (Fsp3) is 0.588. The Morgan fingerprint density at radius 2 is 1.92 bits per heavy atom. The number of benzene rings is 1. The second-order valence-corrected chi connectivity index (χ2v) is 5.53. The van der Waals surface area contributed by atoms with Crippen molar-refractivity contribution in [1.82, 2.24) is 5.32 Å². The Kier molecular flexibility index (Phi) is 9.73. The van der Waals surface area contributed by atoms with E-state index in [1.54, 1.807) is 25.3 Å². The first-order chi connectivity index (χ1) is 11.0. The van der Waals surface area contributed by atoms with Gasteiger partial charge in [0.05, 0.1) is 25.7 Å². The molecule has 0 aliphatic carbocycles. The smallest absolute Gasteiger partial charge is 0.227 e. The van der Waals surface area contributed by atoms with E-state index in [1.807, 2.05) is 13.8 Å². The normalized spacial score (nSPS) is 12.1. The highest BCUT2D eigenvalue weighted by molar-refractivity contribution is 5.85. The lowest BCUT2D eigenvalue weighted by Crippen LogP contribution is -2.46. The molecule has 0 heterocycles. The molecule has 24 heavy (non-hydrogen) atoms. The molecule has 1 unspecified atom stereocenters. The molecule has 7 heteroatoms. The molecule has 4 N–H and O–H groups in total. The Morgan fingerprint density at radius 3 is 2.38 bits per heavy atom. The Bertz CT molecular complexity index is 513. The van der Waals surface area contributed by atoms with Gasteiger partial charge in [0.25, 0.3) is 0 Å². The van der Waals surface area contributed by atoms with Gasteiger partial charge in [-0.2, -0.15) is 0 Å². The summed E-state index contributed by atoms with van der Waals surface area (Å²) in [4.78, 5) is 12.4. The first-order valence-electron chi connectivity index (χ1n) is 7.86. The van der Waals surface area contributed by atoms with Crippen molar-refractivity contribution in [2.24, 2.45) is 11.1 Å². The molecule has 0 saturated carbocycles. The predicted molar refractivity (Wildman–Crippen MR) is 96.8 cm³/mol. The minimum absolute atomic E-state index is 0. The average Bonchev–Trinajstić information content (AvgIpc) is 2.60. The average molecular weight is 361 g/mol. The van der Waals surface area contributed by atoms with Crippen LogP contribution in [0.5, 0.6) is 11.5 Å². The Hall–Kier alpha value is -1.50. The highest BCUT2D eigenvalue weighted by Crippen LogP contribution is 2.30. The summed E-state index contributed by atoms with van der Waals surface area (Å²) in [5.41, 5.74) is 5.75. The molecule has 0 fully saturated rings. The van der Waals surface area contributed by atoms with Gasteiger partial charge in [0.15, 0.2) is 0 Å². The molecule has 138 valence electrons. The molecule has 0 aromatic heterocycles. The third-order valence-corrected chi connectivity index (χ3v) is 4.48. The van der Waals surface area contributed by atoms with E-state index in [4.69, 9.17) is 15.2 Å². The van der Waals surface area contributed by atoms with Crippen LogP contribution in [-0.2, 0) is 4.79 Å². The number of aliphatic hydroxyl groups excluding tert-OH is 1. The van der Waals surface area contributed by atoms with Gasteiger partial charge in [0, 0.05) is 18.7 Å². The van der Waals surface area contributed by atoms with Gasteiger partial charge in [-0.05, 0) is 31.0 Å². The van der Waals surface area contributed by atoms with Gasteiger partial charge in [0.1, 0.15) is 11.5 Å². The van der Waals surface area contributed by atoms with Crippen molar-refractivity contribution in [2.75, 3.05) is 27.3 Å². The van der Waals surface area contributed by atoms with Crippen LogP contribution in [0.4, 0.5) is 0 Å². The number of rotatable bonds is 9. The van der Waals surface area contributed by atoms with E-state index in [0.717, 1.165) is 0 Å². The SMILES string of the molecule is CCC(CC)(CN)C(=O)NCC(O)c1cc(OC)ccc1OC.Cl. The molecule has 6 nitrogen and oxygen atoms in total. The topological polar surface area (TPSA) is 93.8 Å². The van der Waals surface area contributed by atoms with Crippen LogP contribution in [0.2, 0.25) is 0 Å². The molecule has 1 amide bonds. The van der Waals surface area contributed by atoms with Gasteiger partial charge in [0.2, 0.25) is 5.91 Å². The van der Waals surface area contributed by atoms with E-state index >= 15 is 0 Å². The molecule has 1 aromatic rings. The standard InChI is InChI=1S/C17H28N2O4.ClH/c1-5-17(6-2,11-18)16(21)19-10-14(20)13-9-12(22-3)7-8-15(13)23-4;/h7-9,14,20H,5-6,10-11,18H2,1-4H3,(H,19,21);1H. The van der Waals surface area contributed by atoms with Crippen LogP contribution in [0.1, 0.15) is 38.4 Å². The molecule has 0 radical (unpaired) electrons. The molecule has 0 saturated heterocycles. The fourth-order valence-electron chi connectivity index (χ4n) is 2.54. The maximum absolute atomic E-state index is 12.4. The van der Waals surface area contributed by atoms with E-state index in [0.29, 0.717) is 29.9 Å². The first kappa shape index (κ1) is 22.5. The number of halogens is 1. The summed E-state index contributed by atoms with van der Waals surface area (Å²) in [5, 5.41) is 13.2. The molecule has 0 aliphatic rings. The van der Waals surface area contributed by atoms with Crippen LogP contribution < -0.4 is 20.5 Å². The first-order valence-corrected chi connectivity index (χ1v) is 7.86. The van der Waals surface area contributed by atoms with Crippen LogP contribution >= 0.6 is 12.4 Å². The van der Waals surface area contributed by atoms with Gasteiger partial charge in [-0.15, -0.1) is 12.4 Å². The van der Waals surface area contributed by atoms with Crippen molar-refractivity contribution in [3.8, 4) is 11.5 Å². The number of nitrogens with two attached hydrogens (primary N) is 1. The second kappa shape index (κ2) is 10.4. The molecular weight excluding hydrogens is 332 g/mol. The Labute approximate surface area is 150 Å². The highest BCUT2D eigenvalue weighted by atomic mass is 35.5. The maximum Gasteiger partial charge on any atom is 0.227 e. The van der Waals surface area contributed by atoms with Gasteiger partial charge in [-0.1, -0.05) is 13.8 Å². The lowest BCUT2D eigenvalue weighted by Gasteiger charge is -2.29. The number of nitrogens with one attached hydrogen (secondary N) is 1. The molecule has 1 atom stereocenters. The minimum atomic E-state index is -0.895. The summed E-state index contributed by atoms with van der Waals surface area (Å²) >= 11 is 0. The predicted octanol–water partition coefficient (Wildman–Crippen LogP) is 2.04. The zero-order chi connectivity index (χ0) is 17.5. The van der Waals surface area contributed by atoms with Crippen molar-refractivity contribution in [3.63, 3.8) is 0 Å². The van der Waals surface area contributed by atoms with Crippen LogP contribution in [0, 0.1) is 5.41 Å². The van der Waals surface area contributed by atoms with Crippen LogP contribution in [0.15, 0.2) is 18.2 Å². The van der Waals surface area contributed by atoms with Crippen molar-refractivity contribution < 1.29 is 19.4 Å². The minimum Gasteiger partial charge on any atom is -0.497 e. The van der Waals surface area contributed by atoms with Crippen LogP contribution in [0.3, 0.4) is 0 Å². The number of hydrogen-bond acceptors (Lipinski definition) is 5. The van der Waals surface area contributed by atoms with E-state index in [1.165, 1.54) is 7.11 Å². The number of carbonyl (C=O) groups is 1. The third-order valence-electron chi connectivity index (χ3n) is 4.48. The summed E-state index contributed by atoms with van der Waals surface area (Å²) in [6, 6.07) is 5.17. The molecule has 0 aliphatic heterocycles. The largest absolute Gasteiger partial charge is 0.497 e. The zero-order valence-electron chi connectivity index (χ0n) is 14.8. The highest BCUT2D eigenvalue weighted by Gasteiger charge is 2.33. The number of carbonyl (C=O) groups excluding carboxylic acids is 1. The Balaban J connectivity index is 0.00000529. The lowest BCUT2D eigenvalue weighted by molar-refractivity contribution is -0.131. The van der Waals surface area contributed by atoms with E-state index in [-0.39, 0.29) is 31.4 Å². The summed E-state index contributed by atoms with van der Waals surface area (Å²) < 4.78 is 10.4. The van der Waals surface area contributed by atoms with Gasteiger partial charge < -0.3 is 25.6 Å². The zero-order valence-corrected chi connectivity index (χ0v) is 15.6. The van der Waals surface area contributed by atoms with Crippen LogP contribution in [-0.4, -0.2) is 38.3 Å². The molecule has 0 bridgehead atoms. The van der Waals surface area contributed by atoms with Crippen molar-refractivity contribution in [1.29, 1.82) is 0 Å². The van der Waals surface area contributed by atoms with Crippen molar-refractivity contribution in [3.05, 3.63) is 23.8 Å². The Morgan fingerprint density at radius 1 is 1.29 bits per heavy atom. The third kappa shape index (κ3) is 5.00. The summed E-state index contributed by atoms with van der Waals surface area (Å²) in [6.45, 7) is 4.25. The van der Waals surface area contributed by atoms with Crippen molar-refractivity contribution in [2.45, 2.75) is 32.8 Å². The molecule has 1 rings (SSSR count). The second-order valence-electron chi connectivity index (χ2n) is 5.53. The number of ether oxygens (including phenoxy) is 2. The number of aliphatic hydroxyl groups is 1. The lowest BCUT2D eigenvalue weighted by atomic mass is 9.81. The van der Waals surface area contributed by atoms with E-state index in [2.05, 4.69) is 5.32 Å². The monoisotopic (exact) mass is 360 g/mol. The van der Waals surface area contributed by atoms with Crippen LogP contribution in [0.25, 0.3) is 0 Å². The molecule has 1 aromatic carbocycles. The van der Waals surface area contributed by atoms with E-state index < -0.39 is 11.5 Å². The molecule has 0 spiro atoms. The van der Waals surface area contributed by atoms with Gasteiger partial charge in [-0.3, -0.25) is 4.79 Å². The van der Waals surface area contributed by atoms with Crippen molar-refractivity contribution >= 4 is 18.3 Å². The number of amides is 1. The van der Waals surface area contributed by atoms with Gasteiger partial charge >= 0.3 is 0 Å². The fourth-order valence-corrected chi connectivity index (χ4v) is 2.54. The summed E-state index contributed by atoms with van der Waals surface area (Å²) in [7, 11) is 3.09. The van der Waals surface area contributed by atoms with E-state index in [9.17, 15) is 9.90 Å². The summed E-state index contributed by atoms with van der Waals surface area (Å²) in [6.07, 6.45) is 0.419. The summed E-state index contributed by atoms with van der Waals surface area (Å²) in [5.74, 6) is 1.03. The quantitative estimate of drug-likeness (QED) is 0.626. The molecular formula is C17H29ClN2O4. The maximum atomic E-state index is 12.4. The number of hydrogen-bond donors (Lipinski definition) is 3. The van der Waals surface area contributed by atoms with Gasteiger partial charge in [-0.25, -0.2) is 0 Å². The number of methoxy groups -OCH3 is 2.